The van der Waals surface area contributed by atoms with Crippen LogP contribution in [0.2, 0.25) is 0 Å². The number of alkyl halides is 3. The van der Waals surface area contributed by atoms with Crippen LogP contribution < -0.4 is 0 Å². The molecule has 2 unspecified atom stereocenters. The summed E-state index contributed by atoms with van der Waals surface area (Å²) in [6.45, 7) is 0. The van der Waals surface area contributed by atoms with E-state index < -0.39 is 18.0 Å². The van der Waals surface area contributed by atoms with E-state index >= 15 is 0 Å². The molecule has 0 aromatic carbocycles. The maximum absolute atomic E-state index is 12.1. The molecule has 1 aliphatic carbocycles. The number of rotatable bonds is 1. The lowest BCUT2D eigenvalue weighted by Gasteiger charge is -2.04. The summed E-state index contributed by atoms with van der Waals surface area (Å²) in [6.07, 6.45) is -2.33. The summed E-state index contributed by atoms with van der Waals surface area (Å²) >= 11 is 0. The highest BCUT2D eigenvalue weighted by atomic mass is 19.4. The smallest absolute Gasteiger partial charge is 0.261 e. The van der Waals surface area contributed by atoms with Gasteiger partial charge in [0.25, 0.3) is 0 Å². The van der Waals surface area contributed by atoms with Crippen molar-refractivity contribution in [2.45, 2.75) is 18.5 Å². The summed E-state index contributed by atoms with van der Waals surface area (Å²) in [4.78, 5) is 3.90. The van der Waals surface area contributed by atoms with Crippen LogP contribution in [0.25, 0.3) is 0 Å². The van der Waals surface area contributed by atoms with Gasteiger partial charge < -0.3 is 0 Å². The normalized spacial score (nSPS) is 27.3. The molecule has 13 heavy (non-hydrogen) atoms. The van der Waals surface area contributed by atoms with Crippen LogP contribution in [0, 0.1) is 5.92 Å². The molecule has 2 atom stereocenters. The zero-order valence-corrected chi connectivity index (χ0v) is 6.75. The van der Waals surface area contributed by atoms with E-state index in [0.717, 1.165) is 0 Å². The first kappa shape index (κ1) is 8.53. The Labute approximate surface area is 73.6 Å². The lowest BCUT2D eigenvalue weighted by Crippen LogP contribution is -2.11. The van der Waals surface area contributed by atoms with E-state index in [9.17, 15) is 13.2 Å². The molecule has 1 heterocycles. The molecule has 1 aromatic rings. The van der Waals surface area contributed by atoms with Crippen LogP contribution in [0.3, 0.4) is 0 Å². The van der Waals surface area contributed by atoms with Gasteiger partial charge in [0.15, 0.2) is 0 Å². The van der Waals surface area contributed by atoms with Gasteiger partial charge in [0.05, 0.1) is 5.92 Å². The van der Waals surface area contributed by atoms with E-state index in [4.69, 9.17) is 0 Å². The van der Waals surface area contributed by atoms with Crippen molar-refractivity contribution in [3.05, 3.63) is 30.1 Å². The minimum atomic E-state index is -4.05. The molecule has 0 saturated heterocycles. The topological polar surface area (TPSA) is 12.9 Å². The van der Waals surface area contributed by atoms with Crippen molar-refractivity contribution in [1.82, 2.24) is 4.98 Å². The Hall–Kier alpha value is -1.06. The second kappa shape index (κ2) is 2.72. The van der Waals surface area contributed by atoms with Crippen molar-refractivity contribution < 1.29 is 13.2 Å². The zero-order valence-electron chi connectivity index (χ0n) is 6.75. The van der Waals surface area contributed by atoms with Gasteiger partial charge in [-0.15, -0.1) is 0 Å². The SMILES string of the molecule is FC(F)(F)C1CC1c1ccccn1. The summed E-state index contributed by atoms with van der Waals surface area (Å²) in [5.74, 6) is -1.57. The predicted octanol–water partition coefficient (Wildman–Crippen LogP) is 2.75. The molecule has 0 aliphatic heterocycles. The van der Waals surface area contributed by atoms with Gasteiger partial charge in [-0.25, -0.2) is 0 Å². The first-order valence-electron chi connectivity index (χ1n) is 4.06. The van der Waals surface area contributed by atoms with E-state index in [-0.39, 0.29) is 6.42 Å². The number of halogens is 3. The molecule has 4 heteroatoms. The fraction of sp³-hybridized carbons (Fsp3) is 0.444. The first-order chi connectivity index (χ1) is 6.09. The van der Waals surface area contributed by atoms with Crippen molar-refractivity contribution in [2.24, 2.45) is 5.92 Å². The summed E-state index contributed by atoms with van der Waals surface area (Å²) in [5, 5.41) is 0. The summed E-state index contributed by atoms with van der Waals surface area (Å²) < 4.78 is 36.4. The molecule has 1 nitrogen and oxygen atoms in total. The summed E-state index contributed by atoms with van der Waals surface area (Å²) in [7, 11) is 0. The third-order valence-electron chi connectivity index (χ3n) is 2.28. The van der Waals surface area contributed by atoms with E-state index in [1.807, 2.05) is 0 Å². The van der Waals surface area contributed by atoms with Crippen LogP contribution in [-0.2, 0) is 0 Å². The van der Waals surface area contributed by atoms with Gasteiger partial charge in [0.2, 0.25) is 0 Å². The Bertz CT molecular complexity index is 293. The summed E-state index contributed by atoms with van der Waals surface area (Å²) in [6, 6.07) is 5.07. The van der Waals surface area contributed by atoms with Gasteiger partial charge in [-0.3, -0.25) is 4.98 Å². The second-order valence-corrected chi connectivity index (χ2v) is 3.24. The Morgan fingerprint density at radius 1 is 1.31 bits per heavy atom. The maximum atomic E-state index is 12.1. The van der Waals surface area contributed by atoms with Crippen molar-refractivity contribution in [1.29, 1.82) is 0 Å². The van der Waals surface area contributed by atoms with Crippen molar-refractivity contribution in [3.8, 4) is 0 Å². The lowest BCUT2D eigenvalue weighted by molar-refractivity contribution is -0.148. The molecule has 0 bridgehead atoms. The average Bonchev–Trinajstić information content (AvgIpc) is 2.83. The minimum Gasteiger partial charge on any atom is -0.261 e. The minimum absolute atomic E-state index is 0.195. The molecule has 0 amide bonds. The number of hydrogen-bond acceptors (Lipinski definition) is 1. The molecular weight excluding hydrogens is 179 g/mol. The van der Waals surface area contributed by atoms with Crippen LogP contribution in [0.15, 0.2) is 24.4 Å². The number of nitrogens with zero attached hydrogens (tertiary/aromatic N) is 1. The Balaban J connectivity index is 2.09. The molecule has 70 valence electrons. The van der Waals surface area contributed by atoms with Crippen molar-refractivity contribution in [3.63, 3.8) is 0 Å². The van der Waals surface area contributed by atoms with Gasteiger partial charge in [-0.2, -0.15) is 13.2 Å². The summed E-state index contributed by atoms with van der Waals surface area (Å²) in [5.41, 5.74) is 0.560. The highest BCUT2D eigenvalue weighted by molar-refractivity contribution is 5.19. The van der Waals surface area contributed by atoms with Gasteiger partial charge >= 0.3 is 6.18 Å². The van der Waals surface area contributed by atoms with Crippen LogP contribution in [0.4, 0.5) is 13.2 Å². The maximum Gasteiger partial charge on any atom is 0.392 e. The molecule has 0 spiro atoms. The van der Waals surface area contributed by atoms with Crippen LogP contribution in [0.5, 0.6) is 0 Å². The third kappa shape index (κ3) is 1.66. The number of pyridine rings is 1. The molecule has 0 radical (unpaired) electrons. The van der Waals surface area contributed by atoms with Crippen LogP contribution in [0.1, 0.15) is 18.0 Å². The van der Waals surface area contributed by atoms with Gasteiger partial charge in [-0.05, 0) is 18.6 Å². The highest BCUT2D eigenvalue weighted by Gasteiger charge is 2.56. The Morgan fingerprint density at radius 2 is 2.08 bits per heavy atom. The molecule has 0 N–H and O–H groups in total. The largest absolute Gasteiger partial charge is 0.392 e. The molecule has 2 rings (SSSR count). The number of aromatic nitrogens is 1. The molecule has 1 saturated carbocycles. The monoisotopic (exact) mass is 187 g/mol. The molecule has 1 aromatic heterocycles. The quantitative estimate of drug-likeness (QED) is 0.658. The first-order valence-corrected chi connectivity index (χ1v) is 4.06. The fourth-order valence-corrected chi connectivity index (χ4v) is 1.48. The predicted molar refractivity (Wildman–Crippen MR) is 41.1 cm³/mol. The van der Waals surface area contributed by atoms with Gasteiger partial charge in [-0.1, -0.05) is 6.07 Å². The standard InChI is InChI=1S/C9H8F3N/c10-9(11,12)7-5-6(7)8-3-1-2-4-13-8/h1-4,6-7H,5H2. The van der Waals surface area contributed by atoms with E-state index in [1.54, 1.807) is 18.2 Å². The average molecular weight is 187 g/mol. The second-order valence-electron chi connectivity index (χ2n) is 3.24. The lowest BCUT2D eigenvalue weighted by atomic mass is 10.2. The van der Waals surface area contributed by atoms with Gasteiger partial charge in [0.1, 0.15) is 0 Å². The van der Waals surface area contributed by atoms with Gasteiger partial charge in [0, 0.05) is 17.8 Å². The highest BCUT2D eigenvalue weighted by Crippen LogP contribution is 2.55. The third-order valence-corrected chi connectivity index (χ3v) is 2.28. The Morgan fingerprint density at radius 3 is 2.54 bits per heavy atom. The number of hydrogen-bond donors (Lipinski definition) is 0. The van der Waals surface area contributed by atoms with E-state index in [1.165, 1.54) is 6.20 Å². The van der Waals surface area contributed by atoms with Crippen molar-refractivity contribution >= 4 is 0 Å². The van der Waals surface area contributed by atoms with Crippen LogP contribution >= 0.6 is 0 Å². The zero-order chi connectivity index (χ0) is 9.47. The van der Waals surface area contributed by atoms with E-state index in [2.05, 4.69) is 4.98 Å². The fourth-order valence-electron chi connectivity index (χ4n) is 1.48. The Kier molecular flexibility index (Phi) is 1.78. The molecule has 1 fully saturated rings. The molecular formula is C9H8F3N. The molecule has 1 aliphatic rings. The van der Waals surface area contributed by atoms with Crippen molar-refractivity contribution in [2.75, 3.05) is 0 Å². The van der Waals surface area contributed by atoms with E-state index in [0.29, 0.717) is 5.69 Å². The van der Waals surface area contributed by atoms with Crippen LogP contribution in [-0.4, -0.2) is 11.2 Å².